The van der Waals surface area contributed by atoms with Gasteiger partial charge in [-0.25, -0.2) is 0 Å². The zero-order valence-electron chi connectivity index (χ0n) is 9.58. The number of hydrogen-bond donors (Lipinski definition) is 1. The lowest BCUT2D eigenvalue weighted by Gasteiger charge is -2.14. The van der Waals surface area contributed by atoms with Crippen LogP contribution >= 0.6 is 11.5 Å². The first kappa shape index (κ1) is 11.8. The predicted molar refractivity (Wildman–Crippen MR) is 65.5 cm³/mol. The zero-order valence-corrected chi connectivity index (χ0v) is 10.4. The largest absolute Gasteiger partial charge is 0.497 e. The third-order valence-electron chi connectivity index (χ3n) is 2.47. The average Bonchev–Trinajstić information content (AvgIpc) is 2.91. The first-order valence-electron chi connectivity index (χ1n) is 5.00. The second kappa shape index (κ2) is 5.11. The van der Waals surface area contributed by atoms with Crippen LogP contribution in [0.3, 0.4) is 0 Å². The van der Waals surface area contributed by atoms with E-state index in [0.717, 1.165) is 17.0 Å². The van der Waals surface area contributed by atoms with Crippen LogP contribution in [0.5, 0.6) is 11.5 Å². The highest BCUT2D eigenvalue weighted by Gasteiger charge is 2.16. The van der Waals surface area contributed by atoms with Crippen LogP contribution in [0, 0.1) is 0 Å². The first-order chi connectivity index (χ1) is 8.26. The summed E-state index contributed by atoms with van der Waals surface area (Å²) in [6.07, 6.45) is 0. The Balaban J connectivity index is 2.38. The monoisotopic (exact) mass is 251 g/mol. The topological polar surface area (TPSA) is 70.3 Å². The smallest absolute Gasteiger partial charge is 0.127 e. The molecule has 2 N–H and O–H groups in total. The molecule has 1 atom stereocenters. The van der Waals surface area contributed by atoms with Gasteiger partial charge in [-0.15, -0.1) is 5.10 Å². The summed E-state index contributed by atoms with van der Waals surface area (Å²) < 4.78 is 14.2. The van der Waals surface area contributed by atoms with Crippen LogP contribution in [0.25, 0.3) is 0 Å². The second-order valence-electron chi connectivity index (χ2n) is 3.42. The van der Waals surface area contributed by atoms with E-state index in [1.807, 2.05) is 17.5 Å². The Kier molecular flexibility index (Phi) is 3.55. The first-order valence-corrected chi connectivity index (χ1v) is 5.84. The molecule has 0 aliphatic carbocycles. The number of nitrogens with two attached hydrogens (primary N) is 1. The SMILES string of the molecule is COc1ccc(C(N)c2csnn2)c(OC)c1. The summed E-state index contributed by atoms with van der Waals surface area (Å²) in [5.74, 6) is 1.42. The second-order valence-corrected chi connectivity index (χ2v) is 4.03. The summed E-state index contributed by atoms with van der Waals surface area (Å²) in [4.78, 5) is 0. The molecule has 2 aromatic rings. The molecule has 0 fully saturated rings. The van der Waals surface area contributed by atoms with Crippen LogP contribution in [0.15, 0.2) is 23.6 Å². The molecule has 0 radical (unpaired) electrons. The summed E-state index contributed by atoms with van der Waals surface area (Å²) in [7, 11) is 3.21. The van der Waals surface area contributed by atoms with E-state index in [2.05, 4.69) is 9.59 Å². The lowest BCUT2D eigenvalue weighted by molar-refractivity contribution is 0.389. The van der Waals surface area contributed by atoms with Crippen molar-refractivity contribution in [2.75, 3.05) is 14.2 Å². The third-order valence-corrected chi connectivity index (χ3v) is 2.99. The Labute approximate surface area is 103 Å². The maximum atomic E-state index is 6.11. The Morgan fingerprint density at radius 3 is 2.71 bits per heavy atom. The number of rotatable bonds is 4. The van der Waals surface area contributed by atoms with Crippen molar-refractivity contribution in [2.24, 2.45) is 5.73 Å². The summed E-state index contributed by atoms with van der Waals surface area (Å²) in [5.41, 5.74) is 7.71. The molecular formula is C11H13N3O2S. The van der Waals surface area contributed by atoms with E-state index in [4.69, 9.17) is 15.2 Å². The van der Waals surface area contributed by atoms with Gasteiger partial charge < -0.3 is 15.2 Å². The molecule has 90 valence electrons. The third kappa shape index (κ3) is 2.37. The van der Waals surface area contributed by atoms with Crippen LogP contribution in [0.2, 0.25) is 0 Å². The summed E-state index contributed by atoms with van der Waals surface area (Å²) in [6, 6.07) is 5.18. The maximum Gasteiger partial charge on any atom is 0.127 e. The fourth-order valence-corrected chi connectivity index (χ4v) is 2.03. The molecule has 1 aromatic carbocycles. The van der Waals surface area contributed by atoms with E-state index >= 15 is 0 Å². The molecule has 0 amide bonds. The predicted octanol–water partition coefficient (Wildman–Crippen LogP) is 1.60. The molecule has 6 heteroatoms. The van der Waals surface area contributed by atoms with Gasteiger partial charge >= 0.3 is 0 Å². The minimum Gasteiger partial charge on any atom is -0.497 e. The average molecular weight is 251 g/mol. The standard InChI is InChI=1S/C11H13N3O2S/c1-15-7-3-4-8(10(5-7)16-2)11(12)9-6-17-14-13-9/h3-6,11H,12H2,1-2H3. The minimum absolute atomic E-state index is 0.338. The zero-order chi connectivity index (χ0) is 12.3. The molecule has 0 spiro atoms. The lowest BCUT2D eigenvalue weighted by Crippen LogP contribution is -2.13. The van der Waals surface area contributed by atoms with E-state index in [0.29, 0.717) is 5.75 Å². The number of ether oxygens (including phenoxy) is 2. The number of aromatic nitrogens is 2. The number of benzene rings is 1. The molecule has 1 unspecified atom stereocenters. The highest BCUT2D eigenvalue weighted by atomic mass is 32.1. The van der Waals surface area contributed by atoms with Gasteiger partial charge in [-0.1, -0.05) is 4.49 Å². The van der Waals surface area contributed by atoms with Gasteiger partial charge in [-0.3, -0.25) is 0 Å². The van der Waals surface area contributed by atoms with Crippen LogP contribution in [-0.2, 0) is 0 Å². The normalized spacial score (nSPS) is 12.2. The molecule has 2 rings (SSSR count). The van der Waals surface area contributed by atoms with Gasteiger partial charge in [0.05, 0.1) is 26.0 Å². The van der Waals surface area contributed by atoms with Gasteiger partial charge in [0.25, 0.3) is 0 Å². The lowest BCUT2D eigenvalue weighted by atomic mass is 10.0. The molecular weight excluding hydrogens is 238 g/mol. The summed E-state index contributed by atoms with van der Waals surface area (Å²) in [5, 5.41) is 5.79. The fourth-order valence-electron chi connectivity index (χ4n) is 1.54. The molecule has 1 aromatic heterocycles. The quantitative estimate of drug-likeness (QED) is 0.893. The van der Waals surface area contributed by atoms with Crippen molar-refractivity contribution in [1.82, 2.24) is 9.59 Å². The molecule has 0 saturated heterocycles. The number of hydrogen-bond acceptors (Lipinski definition) is 6. The molecule has 0 aliphatic rings. The Morgan fingerprint density at radius 2 is 2.12 bits per heavy atom. The molecule has 0 bridgehead atoms. The molecule has 0 aliphatic heterocycles. The summed E-state index contributed by atoms with van der Waals surface area (Å²) in [6.45, 7) is 0. The van der Waals surface area contributed by atoms with Crippen molar-refractivity contribution in [3.63, 3.8) is 0 Å². The van der Waals surface area contributed by atoms with Crippen LogP contribution < -0.4 is 15.2 Å². The van der Waals surface area contributed by atoms with E-state index in [1.54, 1.807) is 20.3 Å². The minimum atomic E-state index is -0.338. The van der Waals surface area contributed by atoms with Gasteiger partial charge in [-0.2, -0.15) is 0 Å². The van der Waals surface area contributed by atoms with E-state index in [-0.39, 0.29) is 6.04 Å². The highest BCUT2D eigenvalue weighted by Crippen LogP contribution is 2.31. The van der Waals surface area contributed by atoms with Crippen molar-refractivity contribution in [3.05, 3.63) is 34.8 Å². The molecule has 0 saturated carbocycles. The highest BCUT2D eigenvalue weighted by molar-refractivity contribution is 7.03. The van der Waals surface area contributed by atoms with Crippen molar-refractivity contribution in [1.29, 1.82) is 0 Å². The molecule has 5 nitrogen and oxygen atoms in total. The van der Waals surface area contributed by atoms with Crippen LogP contribution in [0.1, 0.15) is 17.3 Å². The molecule has 17 heavy (non-hydrogen) atoms. The van der Waals surface area contributed by atoms with Gasteiger partial charge in [-0.05, 0) is 23.7 Å². The van der Waals surface area contributed by atoms with Gasteiger partial charge in [0.2, 0.25) is 0 Å². The van der Waals surface area contributed by atoms with Crippen molar-refractivity contribution >= 4 is 11.5 Å². The summed E-state index contributed by atoms with van der Waals surface area (Å²) >= 11 is 1.28. The van der Waals surface area contributed by atoms with Crippen LogP contribution in [0.4, 0.5) is 0 Å². The number of methoxy groups -OCH3 is 2. The van der Waals surface area contributed by atoms with Crippen molar-refractivity contribution < 1.29 is 9.47 Å². The van der Waals surface area contributed by atoms with E-state index in [1.165, 1.54) is 11.5 Å². The van der Waals surface area contributed by atoms with E-state index in [9.17, 15) is 0 Å². The van der Waals surface area contributed by atoms with Crippen LogP contribution in [-0.4, -0.2) is 23.8 Å². The maximum absolute atomic E-state index is 6.11. The van der Waals surface area contributed by atoms with Crippen molar-refractivity contribution in [2.45, 2.75) is 6.04 Å². The Hall–Kier alpha value is -1.66. The van der Waals surface area contributed by atoms with Crippen molar-refractivity contribution in [3.8, 4) is 11.5 Å². The Morgan fingerprint density at radius 1 is 1.29 bits per heavy atom. The Bertz CT molecular complexity index is 487. The molecule has 1 heterocycles. The van der Waals surface area contributed by atoms with Gasteiger partial charge in [0.1, 0.15) is 11.5 Å². The number of nitrogens with zero attached hydrogens (tertiary/aromatic N) is 2. The fraction of sp³-hybridized carbons (Fsp3) is 0.273. The van der Waals surface area contributed by atoms with Gasteiger partial charge in [0.15, 0.2) is 0 Å². The van der Waals surface area contributed by atoms with Gasteiger partial charge in [0, 0.05) is 17.0 Å². The van der Waals surface area contributed by atoms with E-state index < -0.39 is 0 Å².